The van der Waals surface area contributed by atoms with Crippen LogP contribution in [0, 0.1) is 13.8 Å². The van der Waals surface area contributed by atoms with Crippen molar-refractivity contribution in [3.63, 3.8) is 0 Å². The smallest absolute Gasteiger partial charge is 0.142 e. The lowest BCUT2D eigenvalue weighted by Gasteiger charge is -2.30. The highest BCUT2D eigenvalue weighted by Crippen LogP contribution is 2.32. The van der Waals surface area contributed by atoms with Crippen molar-refractivity contribution in [1.82, 2.24) is 0 Å². The molecule has 1 aromatic carbocycles. The number of methoxy groups -OCH3 is 1. The van der Waals surface area contributed by atoms with Crippen molar-refractivity contribution in [2.75, 3.05) is 32.3 Å². The van der Waals surface area contributed by atoms with E-state index in [1.807, 2.05) is 37.9 Å². The number of benzene rings is 1. The molecule has 0 amide bonds. The summed E-state index contributed by atoms with van der Waals surface area (Å²) in [5, 5.41) is 18.4. The zero-order valence-electron chi connectivity index (χ0n) is 11.6. The van der Waals surface area contributed by atoms with E-state index in [0.29, 0.717) is 6.42 Å². The van der Waals surface area contributed by atoms with Gasteiger partial charge < -0.3 is 19.8 Å². The van der Waals surface area contributed by atoms with Gasteiger partial charge in [0.05, 0.1) is 25.4 Å². The van der Waals surface area contributed by atoms with Gasteiger partial charge in [-0.3, -0.25) is 0 Å². The van der Waals surface area contributed by atoms with E-state index < -0.39 is 0 Å². The van der Waals surface area contributed by atoms with Gasteiger partial charge in [0.2, 0.25) is 0 Å². The quantitative estimate of drug-likeness (QED) is 0.806. The van der Waals surface area contributed by atoms with Gasteiger partial charge in [0.1, 0.15) is 5.75 Å². The molecule has 0 bridgehead atoms. The standard InChI is InChI=1S/C14H23NO3/c1-10-7-13(14(18-4)8-11(10)2)15(3)12(9-17)5-6-16/h7-8,12,16-17H,5-6,9H2,1-4H3. The van der Waals surface area contributed by atoms with Crippen LogP contribution in [0.3, 0.4) is 0 Å². The van der Waals surface area contributed by atoms with Crippen LogP contribution in [0.25, 0.3) is 0 Å². The monoisotopic (exact) mass is 253 g/mol. The van der Waals surface area contributed by atoms with Crippen LogP contribution < -0.4 is 9.64 Å². The zero-order valence-corrected chi connectivity index (χ0v) is 11.6. The van der Waals surface area contributed by atoms with E-state index >= 15 is 0 Å². The third-order valence-electron chi connectivity index (χ3n) is 3.40. The first-order valence-corrected chi connectivity index (χ1v) is 6.15. The molecular formula is C14H23NO3. The number of aliphatic hydroxyl groups excluding tert-OH is 2. The summed E-state index contributed by atoms with van der Waals surface area (Å²) in [6.07, 6.45) is 0.531. The number of nitrogens with zero attached hydrogens (tertiary/aromatic N) is 1. The van der Waals surface area contributed by atoms with E-state index in [1.165, 1.54) is 11.1 Å². The van der Waals surface area contributed by atoms with Crippen LogP contribution in [0.5, 0.6) is 5.75 Å². The molecular weight excluding hydrogens is 230 g/mol. The van der Waals surface area contributed by atoms with Gasteiger partial charge in [-0.25, -0.2) is 0 Å². The highest BCUT2D eigenvalue weighted by atomic mass is 16.5. The van der Waals surface area contributed by atoms with E-state index in [1.54, 1.807) is 7.11 Å². The molecule has 2 N–H and O–H groups in total. The lowest BCUT2D eigenvalue weighted by Crippen LogP contribution is -2.35. The number of aryl methyl sites for hydroxylation is 2. The topological polar surface area (TPSA) is 52.9 Å². The molecule has 0 heterocycles. The third kappa shape index (κ3) is 3.15. The Labute approximate surface area is 109 Å². The largest absolute Gasteiger partial charge is 0.495 e. The fourth-order valence-corrected chi connectivity index (χ4v) is 1.97. The second kappa shape index (κ2) is 6.61. The molecule has 0 aliphatic heterocycles. The molecule has 4 nitrogen and oxygen atoms in total. The number of ether oxygens (including phenoxy) is 1. The van der Waals surface area contributed by atoms with Crippen LogP contribution >= 0.6 is 0 Å². The summed E-state index contributed by atoms with van der Waals surface area (Å²) in [6, 6.07) is 3.94. The molecule has 1 aromatic rings. The molecule has 102 valence electrons. The first-order valence-electron chi connectivity index (χ1n) is 6.15. The number of likely N-dealkylation sites (N-methyl/N-ethyl adjacent to an activating group) is 1. The summed E-state index contributed by atoms with van der Waals surface area (Å²) in [7, 11) is 3.55. The first kappa shape index (κ1) is 14.8. The van der Waals surface area contributed by atoms with Gasteiger partial charge >= 0.3 is 0 Å². The lowest BCUT2D eigenvalue weighted by atomic mass is 10.1. The van der Waals surface area contributed by atoms with Gasteiger partial charge in [-0.05, 0) is 43.5 Å². The fraction of sp³-hybridized carbons (Fsp3) is 0.571. The minimum absolute atomic E-state index is 0.00708. The van der Waals surface area contributed by atoms with Crippen molar-refractivity contribution in [3.8, 4) is 5.75 Å². The predicted molar refractivity (Wildman–Crippen MR) is 73.4 cm³/mol. The Kier molecular flexibility index (Phi) is 5.44. The zero-order chi connectivity index (χ0) is 13.7. The lowest BCUT2D eigenvalue weighted by molar-refractivity contribution is 0.217. The van der Waals surface area contributed by atoms with Crippen molar-refractivity contribution in [2.45, 2.75) is 26.3 Å². The van der Waals surface area contributed by atoms with Crippen molar-refractivity contribution < 1.29 is 14.9 Å². The van der Waals surface area contributed by atoms with Crippen LogP contribution in [0.15, 0.2) is 12.1 Å². The Morgan fingerprint density at radius 3 is 2.33 bits per heavy atom. The number of hydrogen-bond donors (Lipinski definition) is 2. The molecule has 0 aromatic heterocycles. The van der Waals surface area contributed by atoms with Gasteiger partial charge in [0.15, 0.2) is 0 Å². The average molecular weight is 253 g/mol. The normalized spacial score (nSPS) is 12.3. The van der Waals surface area contributed by atoms with Crippen LogP contribution in [-0.4, -0.2) is 43.6 Å². The Morgan fingerprint density at radius 2 is 1.83 bits per heavy atom. The highest BCUT2D eigenvalue weighted by Gasteiger charge is 2.18. The van der Waals surface area contributed by atoms with E-state index in [0.717, 1.165) is 11.4 Å². The van der Waals surface area contributed by atoms with Gasteiger partial charge in [-0.15, -0.1) is 0 Å². The minimum atomic E-state index is -0.106. The molecule has 0 saturated heterocycles. The molecule has 0 spiro atoms. The predicted octanol–water partition coefficient (Wildman–Crippen LogP) is 1.49. The van der Waals surface area contributed by atoms with E-state index in [4.69, 9.17) is 9.84 Å². The first-order chi connectivity index (χ1) is 8.54. The second-order valence-corrected chi connectivity index (χ2v) is 4.57. The Hall–Kier alpha value is -1.26. The summed E-state index contributed by atoms with van der Waals surface area (Å²) in [5.74, 6) is 0.789. The summed E-state index contributed by atoms with van der Waals surface area (Å²) in [4.78, 5) is 1.96. The molecule has 0 saturated carbocycles. The van der Waals surface area contributed by atoms with Crippen molar-refractivity contribution >= 4 is 5.69 Å². The SMILES string of the molecule is COc1cc(C)c(C)cc1N(C)C(CO)CCO. The van der Waals surface area contributed by atoms with Gasteiger partial charge in [-0.1, -0.05) is 0 Å². The van der Waals surface area contributed by atoms with E-state index in [-0.39, 0.29) is 19.3 Å². The maximum atomic E-state index is 9.38. The molecule has 4 heteroatoms. The maximum Gasteiger partial charge on any atom is 0.142 e. The minimum Gasteiger partial charge on any atom is -0.495 e. The van der Waals surface area contributed by atoms with Crippen LogP contribution in [0.4, 0.5) is 5.69 Å². The van der Waals surface area contributed by atoms with E-state index in [2.05, 4.69) is 0 Å². The van der Waals surface area contributed by atoms with E-state index in [9.17, 15) is 5.11 Å². The summed E-state index contributed by atoms with van der Waals surface area (Å²) in [5.41, 5.74) is 3.29. The Morgan fingerprint density at radius 1 is 1.22 bits per heavy atom. The Bertz CT molecular complexity index is 393. The van der Waals surface area contributed by atoms with Crippen LogP contribution in [0.1, 0.15) is 17.5 Å². The fourth-order valence-electron chi connectivity index (χ4n) is 1.97. The molecule has 18 heavy (non-hydrogen) atoms. The van der Waals surface area contributed by atoms with Crippen LogP contribution in [0.2, 0.25) is 0 Å². The average Bonchev–Trinajstić information content (AvgIpc) is 2.37. The van der Waals surface area contributed by atoms with Gasteiger partial charge in [-0.2, -0.15) is 0 Å². The summed E-state index contributed by atoms with van der Waals surface area (Å²) in [6.45, 7) is 4.15. The summed E-state index contributed by atoms with van der Waals surface area (Å²) < 4.78 is 5.39. The maximum absolute atomic E-state index is 9.38. The molecule has 1 rings (SSSR count). The van der Waals surface area contributed by atoms with Crippen molar-refractivity contribution in [2.24, 2.45) is 0 Å². The number of hydrogen-bond acceptors (Lipinski definition) is 4. The third-order valence-corrected chi connectivity index (χ3v) is 3.40. The van der Waals surface area contributed by atoms with Gasteiger partial charge in [0.25, 0.3) is 0 Å². The molecule has 1 unspecified atom stereocenters. The van der Waals surface area contributed by atoms with Crippen molar-refractivity contribution in [3.05, 3.63) is 23.3 Å². The number of aliphatic hydroxyl groups is 2. The molecule has 1 atom stereocenters. The second-order valence-electron chi connectivity index (χ2n) is 4.57. The molecule has 0 aliphatic rings. The molecule has 0 aliphatic carbocycles. The summed E-state index contributed by atoms with van der Waals surface area (Å²) >= 11 is 0. The van der Waals surface area contributed by atoms with Crippen molar-refractivity contribution in [1.29, 1.82) is 0 Å². The van der Waals surface area contributed by atoms with Crippen LogP contribution in [-0.2, 0) is 0 Å². The van der Waals surface area contributed by atoms with Gasteiger partial charge in [0, 0.05) is 13.7 Å². The number of rotatable bonds is 6. The highest BCUT2D eigenvalue weighted by molar-refractivity contribution is 5.62. The molecule has 0 radical (unpaired) electrons. The molecule has 0 fully saturated rings. The number of anilines is 1. The Balaban J connectivity index is 3.10.